The second kappa shape index (κ2) is 9.00. The fraction of sp³-hybridized carbons (Fsp3) is 0.480. The molecule has 0 saturated heterocycles. The summed E-state index contributed by atoms with van der Waals surface area (Å²) >= 11 is 0. The van der Waals surface area contributed by atoms with Crippen LogP contribution in [0.3, 0.4) is 0 Å². The largest absolute Gasteiger partial charge is 0.493 e. The van der Waals surface area contributed by atoms with Gasteiger partial charge >= 0.3 is 5.97 Å². The third kappa shape index (κ3) is 5.18. The van der Waals surface area contributed by atoms with E-state index < -0.39 is 5.97 Å². The first-order valence-electron chi connectivity index (χ1n) is 10.7. The van der Waals surface area contributed by atoms with Gasteiger partial charge in [0.15, 0.2) is 0 Å². The Balaban J connectivity index is 1.25. The van der Waals surface area contributed by atoms with Crippen LogP contribution in [0.25, 0.3) is 0 Å². The lowest BCUT2D eigenvalue weighted by molar-refractivity contribution is -0.142. The number of ether oxygens (including phenoxy) is 2. The predicted octanol–water partition coefficient (Wildman–Crippen LogP) is 5.28. The first kappa shape index (κ1) is 20.0. The van der Waals surface area contributed by atoms with Crippen LogP contribution in [0.4, 0.5) is 0 Å². The minimum absolute atomic E-state index is 0.0792. The summed E-state index contributed by atoms with van der Waals surface area (Å²) in [5, 5.41) is 9.47. The van der Waals surface area contributed by atoms with Crippen LogP contribution in [-0.2, 0) is 16.1 Å². The van der Waals surface area contributed by atoms with E-state index in [1.165, 1.54) is 5.56 Å². The van der Waals surface area contributed by atoms with Crippen molar-refractivity contribution in [2.75, 3.05) is 6.61 Å². The maximum Gasteiger partial charge on any atom is 0.306 e. The highest BCUT2D eigenvalue weighted by Crippen LogP contribution is 2.47. The van der Waals surface area contributed by atoms with Crippen LogP contribution in [0.15, 0.2) is 54.6 Å². The van der Waals surface area contributed by atoms with Gasteiger partial charge in [-0.3, -0.25) is 4.79 Å². The van der Waals surface area contributed by atoms with Crippen LogP contribution in [-0.4, -0.2) is 23.8 Å². The zero-order valence-corrected chi connectivity index (χ0v) is 17.0. The minimum Gasteiger partial charge on any atom is -0.493 e. The van der Waals surface area contributed by atoms with Crippen LogP contribution < -0.4 is 4.74 Å². The van der Waals surface area contributed by atoms with Crippen molar-refractivity contribution in [1.29, 1.82) is 0 Å². The Kier molecular flexibility index (Phi) is 6.19. The van der Waals surface area contributed by atoms with Crippen LogP contribution in [0.5, 0.6) is 5.75 Å². The lowest BCUT2D eigenvalue weighted by Crippen LogP contribution is -2.34. The van der Waals surface area contributed by atoms with Gasteiger partial charge in [-0.25, -0.2) is 0 Å². The summed E-state index contributed by atoms with van der Waals surface area (Å²) in [4.78, 5) is 11.5. The molecule has 2 saturated carbocycles. The van der Waals surface area contributed by atoms with Crippen LogP contribution in [0.2, 0.25) is 0 Å². The third-order valence-electron chi connectivity index (χ3n) is 6.31. The molecule has 1 N–H and O–H groups in total. The molecule has 0 radical (unpaired) electrons. The number of rotatable bonds is 10. The number of benzene rings is 2. The Hall–Kier alpha value is -2.33. The molecule has 2 atom stereocenters. The topological polar surface area (TPSA) is 55.8 Å². The summed E-state index contributed by atoms with van der Waals surface area (Å²) < 4.78 is 12.0. The Morgan fingerprint density at radius 1 is 1.10 bits per heavy atom. The SMILES string of the molecule is C[C@H](C(=O)O)C(c1cccc(OCC2CC(OCc3ccccc3)C2)c1)C1CC1. The van der Waals surface area contributed by atoms with Crippen molar-refractivity contribution in [3.63, 3.8) is 0 Å². The molecule has 2 aliphatic carbocycles. The third-order valence-corrected chi connectivity index (χ3v) is 6.31. The van der Waals surface area contributed by atoms with Gasteiger partial charge in [-0.15, -0.1) is 0 Å². The molecule has 2 aliphatic rings. The van der Waals surface area contributed by atoms with Gasteiger partial charge in [0.05, 0.1) is 25.2 Å². The normalized spacial score (nSPS) is 23.1. The van der Waals surface area contributed by atoms with E-state index >= 15 is 0 Å². The van der Waals surface area contributed by atoms with E-state index in [2.05, 4.69) is 12.1 Å². The lowest BCUT2D eigenvalue weighted by atomic mass is 9.82. The van der Waals surface area contributed by atoms with E-state index in [9.17, 15) is 9.90 Å². The van der Waals surface area contributed by atoms with Crippen LogP contribution in [0, 0.1) is 17.8 Å². The van der Waals surface area contributed by atoms with E-state index in [0.29, 0.717) is 31.2 Å². The van der Waals surface area contributed by atoms with Gasteiger partial charge in [-0.1, -0.05) is 49.4 Å². The van der Waals surface area contributed by atoms with Crippen molar-refractivity contribution in [2.24, 2.45) is 17.8 Å². The maximum atomic E-state index is 11.5. The molecule has 2 fully saturated rings. The quantitative estimate of drug-likeness (QED) is 0.596. The summed E-state index contributed by atoms with van der Waals surface area (Å²) in [6.45, 7) is 3.19. The molecular formula is C25H30O4. The van der Waals surface area contributed by atoms with E-state index in [4.69, 9.17) is 9.47 Å². The molecule has 0 aliphatic heterocycles. The summed E-state index contributed by atoms with van der Waals surface area (Å²) in [6.07, 6.45) is 4.64. The molecule has 0 heterocycles. The second-order valence-corrected chi connectivity index (χ2v) is 8.63. The van der Waals surface area contributed by atoms with Gasteiger partial charge in [0.1, 0.15) is 5.75 Å². The number of carboxylic acid groups (broad SMARTS) is 1. The molecular weight excluding hydrogens is 364 g/mol. The highest BCUT2D eigenvalue weighted by atomic mass is 16.5. The van der Waals surface area contributed by atoms with Gasteiger partial charge in [0.2, 0.25) is 0 Å². The number of carboxylic acids is 1. The van der Waals surface area contributed by atoms with E-state index in [1.54, 1.807) is 0 Å². The van der Waals surface area contributed by atoms with E-state index in [-0.39, 0.29) is 11.8 Å². The molecule has 4 nitrogen and oxygen atoms in total. The van der Waals surface area contributed by atoms with Gasteiger partial charge in [-0.05, 0) is 66.7 Å². The van der Waals surface area contributed by atoms with Crippen molar-refractivity contribution in [3.8, 4) is 5.75 Å². The Labute approximate surface area is 172 Å². The van der Waals surface area contributed by atoms with Crippen LogP contribution >= 0.6 is 0 Å². The molecule has 0 amide bonds. The molecule has 1 unspecified atom stereocenters. The lowest BCUT2D eigenvalue weighted by Gasteiger charge is -2.35. The number of carbonyl (C=O) groups is 1. The van der Waals surface area contributed by atoms with E-state index in [1.807, 2.05) is 49.4 Å². The van der Waals surface area contributed by atoms with Gasteiger partial charge in [-0.2, -0.15) is 0 Å². The zero-order valence-electron chi connectivity index (χ0n) is 17.0. The molecule has 2 aromatic carbocycles. The molecule has 0 bridgehead atoms. The van der Waals surface area contributed by atoms with Gasteiger partial charge in [0, 0.05) is 0 Å². The molecule has 0 aromatic heterocycles. The first-order valence-corrected chi connectivity index (χ1v) is 10.7. The highest BCUT2D eigenvalue weighted by Gasteiger charge is 2.38. The molecule has 4 heteroatoms. The summed E-state index contributed by atoms with van der Waals surface area (Å²) in [5.41, 5.74) is 2.31. The summed E-state index contributed by atoms with van der Waals surface area (Å²) in [6, 6.07) is 18.3. The van der Waals surface area contributed by atoms with Crippen molar-refractivity contribution < 1.29 is 19.4 Å². The predicted molar refractivity (Wildman–Crippen MR) is 112 cm³/mol. The monoisotopic (exact) mass is 394 g/mol. The van der Waals surface area contributed by atoms with Crippen molar-refractivity contribution >= 4 is 5.97 Å². The molecule has 0 spiro atoms. The Morgan fingerprint density at radius 3 is 2.55 bits per heavy atom. The fourth-order valence-corrected chi connectivity index (χ4v) is 4.34. The molecule has 2 aromatic rings. The first-order chi connectivity index (χ1) is 14.1. The van der Waals surface area contributed by atoms with Crippen molar-refractivity contribution in [1.82, 2.24) is 0 Å². The number of aliphatic carboxylic acids is 1. The average molecular weight is 395 g/mol. The standard InChI is InChI=1S/C25H30O4/c1-17(25(26)27)24(20-10-11-20)21-8-5-9-22(14-21)28-16-19-12-23(13-19)29-15-18-6-3-2-4-7-18/h2-9,14,17,19-20,23-24H,10-13,15-16H2,1H3,(H,26,27)/t17-,19?,23?,24?/m0/s1. The number of hydrogen-bond acceptors (Lipinski definition) is 3. The van der Waals surface area contributed by atoms with E-state index in [0.717, 1.165) is 37.0 Å². The highest BCUT2D eigenvalue weighted by molar-refractivity contribution is 5.71. The van der Waals surface area contributed by atoms with Crippen LogP contribution in [0.1, 0.15) is 49.7 Å². The zero-order chi connectivity index (χ0) is 20.2. The maximum absolute atomic E-state index is 11.5. The van der Waals surface area contributed by atoms with Crippen molar-refractivity contribution in [3.05, 3.63) is 65.7 Å². The second-order valence-electron chi connectivity index (χ2n) is 8.63. The fourth-order valence-electron chi connectivity index (χ4n) is 4.34. The number of hydrogen-bond donors (Lipinski definition) is 1. The van der Waals surface area contributed by atoms with Gasteiger partial charge < -0.3 is 14.6 Å². The Morgan fingerprint density at radius 2 is 1.86 bits per heavy atom. The average Bonchev–Trinajstić information content (AvgIpc) is 3.52. The van der Waals surface area contributed by atoms with Gasteiger partial charge in [0.25, 0.3) is 0 Å². The van der Waals surface area contributed by atoms with Crippen molar-refractivity contribution in [2.45, 2.75) is 51.2 Å². The molecule has 4 rings (SSSR count). The Bertz CT molecular complexity index is 809. The molecule has 154 valence electrons. The molecule has 29 heavy (non-hydrogen) atoms. The summed E-state index contributed by atoms with van der Waals surface area (Å²) in [5.74, 6) is 0.855. The summed E-state index contributed by atoms with van der Waals surface area (Å²) in [7, 11) is 0. The minimum atomic E-state index is -0.718. The smallest absolute Gasteiger partial charge is 0.306 e.